The first-order valence-electron chi connectivity index (χ1n) is 4.77. The average Bonchev–Trinajstić information content (AvgIpc) is 2.11. The molecule has 0 saturated heterocycles. The van der Waals surface area contributed by atoms with E-state index >= 15 is 0 Å². The molecule has 1 rings (SSSR count). The van der Waals surface area contributed by atoms with Crippen LogP contribution >= 0.6 is 15.9 Å². The summed E-state index contributed by atoms with van der Waals surface area (Å²) in [4.78, 5) is 0. The summed E-state index contributed by atoms with van der Waals surface area (Å²) in [6.07, 6.45) is 0. The van der Waals surface area contributed by atoms with Crippen molar-refractivity contribution in [3.05, 3.63) is 29.3 Å². The Kier molecular flexibility index (Phi) is 3.59. The smallest absolute Gasteiger partial charge is 0.123 e. The SMILES string of the molecule is Cc1ccc(C)c(OC(C)(C)CBr)c1. The summed E-state index contributed by atoms with van der Waals surface area (Å²) in [5.74, 6) is 0.981. The van der Waals surface area contributed by atoms with E-state index in [0.717, 1.165) is 11.1 Å². The van der Waals surface area contributed by atoms with Crippen molar-refractivity contribution in [2.75, 3.05) is 5.33 Å². The number of ether oxygens (including phenoxy) is 1. The third-order valence-corrected chi connectivity index (χ3v) is 3.40. The van der Waals surface area contributed by atoms with Gasteiger partial charge in [0.1, 0.15) is 11.4 Å². The van der Waals surface area contributed by atoms with E-state index in [1.54, 1.807) is 0 Å². The Morgan fingerprint density at radius 1 is 1.29 bits per heavy atom. The molecule has 0 saturated carbocycles. The average molecular weight is 257 g/mol. The van der Waals surface area contributed by atoms with Gasteiger partial charge in [0.05, 0.1) is 0 Å². The van der Waals surface area contributed by atoms with Gasteiger partial charge >= 0.3 is 0 Å². The summed E-state index contributed by atoms with van der Waals surface area (Å²) in [5.41, 5.74) is 2.26. The van der Waals surface area contributed by atoms with Crippen LogP contribution in [-0.4, -0.2) is 10.9 Å². The van der Waals surface area contributed by atoms with Gasteiger partial charge < -0.3 is 4.74 Å². The van der Waals surface area contributed by atoms with Crippen LogP contribution in [0.25, 0.3) is 0 Å². The largest absolute Gasteiger partial charge is 0.487 e. The molecule has 0 amide bonds. The van der Waals surface area contributed by atoms with Gasteiger partial charge in [-0.1, -0.05) is 28.1 Å². The van der Waals surface area contributed by atoms with Crippen LogP contribution in [-0.2, 0) is 0 Å². The van der Waals surface area contributed by atoms with Crippen molar-refractivity contribution in [1.82, 2.24) is 0 Å². The second-order valence-electron chi connectivity index (χ2n) is 4.26. The normalized spacial score (nSPS) is 11.5. The lowest BCUT2D eigenvalue weighted by atomic mass is 10.1. The first-order chi connectivity index (χ1) is 6.44. The zero-order valence-electron chi connectivity index (χ0n) is 9.23. The van der Waals surface area contributed by atoms with Gasteiger partial charge in [-0.2, -0.15) is 0 Å². The number of rotatable bonds is 3. The Hall–Kier alpha value is -0.500. The molecule has 14 heavy (non-hydrogen) atoms. The molecule has 1 aromatic rings. The van der Waals surface area contributed by atoms with Crippen LogP contribution in [0, 0.1) is 13.8 Å². The fourth-order valence-corrected chi connectivity index (χ4v) is 1.26. The summed E-state index contributed by atoms with van der Waals surface area (Å²) in [6, 6.07) is 6.28. The van der Waals surface area contributed by atoms with E-state index in [2.05, 4.69) is 61.8 Å². The number of aryl methyl sites for hydroxylation is 2. The molecule has 1 aromatic carbocycles. The monoisotopic (exact) mass is 256 g/mol. The maximum absolute atomic E-state index is 5.92. The molecule has 0 bridgehead atoms. The third-order valence-electron chi connectivity index (χ3n) is 2.05. The van der Waals surface area contributed by atoms with Crippen molar-refractivity contribution < 1.29 is 4.74 Å². The maximum atomic E-state index is 5.92. The van der Waals surface area contributed by atoms with Crippen LogP contribution in [0.3, 0.4) is 0 Å². The van der Waals surface area contributed by atoms with E-state index in [4.69, 9.17) is 4.74 Å². The molecular weight excluding hydrogens is 240 g/mol. The zero-order valence-corrected chi connectivity index (χ0v) is 10.8. The lowest BCUT2D eigenvalue weighted by molar-refractivity contribution is 0.136. The number of halogens is 1. The quantitative estimate of drug-likeness (QED) is 0.747. The van der Waals surface area contributed by atoms with Crippen molar-refractivity contribution in [3.8, 4) is 5.75 Å². The predicted molar refractivity (Wildman–Crippen MR) is 64.4 cm³/mol. The van der Waals surface area contributed by atoms with E-state index in [1.165, 1.54) is 11.1 Å². The second kappa shape index (κ2) is 4.35. The van der Waals surface area contributed by atoms with Gasteiger partial charge in [0, 0.05) is 5.33 Å². The van der Waals surface area contributed by atoms with E-state index < -0.39 is 0 Å². The Bertz CT molecular complexity index is 318. The van der Waals surface area contributed by atoms with Crippen LogP contribution in [0.2, 0.25) is 0 Å². The lowest BCUT2D eigenvalue weighted by Gasteiger charge is -2.25. The molecule has 0 aliphatic rings. The van der Waals surface area contributed by atoms with Crippen molar-refractivity contribution in [2.45, 2.75) is 33.3 Å². The molecule has 0 radical (unpaired) electrons. The molecule has 0 atom stereocenters. The highest BCUT2D eigenvalue weighted by Gasteiger charge is 2.18. The minimum atomic E-state index is -0.154. The summed E-state index contributed by atoms with van der Waals surface area (Å²) in [7, 11) is 0. The van der Waals surface area contributed by atoms with Crippen molar-refractivity contribution in [1.29, 1.82) is 0 Å². The summed E-state index contributed by atoms with van der Waals surface area (Å²) >= 11 is 3.45. The van der Waals surface area contributed by atoms with E-state index in [-0.39, 0.29) is 5.60 Å². The first kappa shape index (κ1) is 11.6. The molecule has 0 aliphatic carbocycles. The molecule has 0 unspecified atom stereocenters. The van der Waals surface area contributed by atoms with Gasteiger partial charge in [-0.15, -0.1) is 0 Å². The Labute approximate surface area is 94.6 Å². The van der Waals surface area contributed by atoms with Gasteiger partial charge in [0.25, 0.3) is 0 Å². The van der Waals surface area contributed by atoms with Crippen LogP contribution in [0.1, 0.15) is 25.0 Å². The Balaban J connectivity index is 2.91. The van der Waals surface area contributed by atoms with E-state index in [1.807, 2.05) is 0 Å². The van der Waals surface area contributed by atoms with Crippen LogP contribution in [0.5, 0.6) is 5.75 Å². The molecule has 0 heterocycles. The number of benzene rings is 1. The highest BCUT2D eigenvalue weighted by molar-refractivity contribution is 9.09. The fourth-order valence-electron chi connectivity index (χ4n) is 1.14. The van der Waals surface area contributed by atoms with Gasteiger partial charge in [0.2, 0.25) is 0 Å². The molecule has 0 N–H and O–H groups in total. The van der Waals surface area contributed by atoms with Gasteiger partial charge in [-0.05, 0) is 44.9 Å². The van der Waals surface area contributed by atoms with E-state index in [0.29, 0.717) is 0 Å². The molecule has 0 fully saturated rings. The maximum Gasteiger partial charge on any atom is 0.123 e. The number of hydrogen-bond acceptors (Lipinski definition) is 1. The van der Waals surface area contributed by atoms with Crippen molar-refractivity contribution in [2.24, 2.45) is 0 Å². The molecule has 78 valence electrons. The topological polar surface area (TPSA) is 9.23 Å². The summed E-state index contributed by atoms with van der Waals surface area (Å²) < 4.78 is 5.92. The molecule has 0 aliphatic heterocycles. The summed E-state index contributed by atoms with van der Waals surface area (Å²) in [6.45, 7) is 8.29. The first-order valence-corrected chi connectivity index (χ1v) is 5.89. The molecule has 0 spiro atoms. The minimum Gasteiger partial charge on any atom is -0.487 e. The predicted octanol–water partition coefficient (Wildman–Crippen LogP) is 3.86. The fraction of sp³-hybridized carbons (Fsp3) is 0.500. The molecule has 1 nitrogen and oxygen atoms in total. The highest BCUT2D eigenvalue weighted by Crippen LogP contribution is 2.24. The van der Waals surface area contributed by atoms with Crippen LogP contribution in [0.4, 0.5) is 0 Å². The number of alkyl halides is 1. The molecule has 2 heteroatoms. The second-order valence-corrected chi connectivity index (χ2v) is 4.83. The third kappa shape index (κ3) is 3.02. The van der Waals surface area contributed by atoms with E-state index in [9.17, 15) is 0 Å². The van der Waals surface area contributed by atoms with Crippen LogP contribution < -0.4 is 4.74 Å². The Morgan fingerprint density at radius 3 is 2.50 bits per heavy atom. The Morgan fingerprint density at radius 2 is 1.93 bits per heavy atom. The lowest BCUT2D eigenvalue weighted by Crippen LogP contribution is -2.30. The standard InChI is InChI=1S/C12H17BrO/c1-9-5-6-10(2)11(7-9)14-12(3,4)8-13/h5-7H,8H2,1-4H3. The minimum absolute atomic E-state index is 0.154. The van der Waals surface area contributed by atoms with Crippen molar-refractivity contribution >= 4 is 15.9 Å². The molecular formula is C12H17BrO. The van der Waals surface area contributed by atoms with Crippen molar-refractivity contribution in [3.63, 3.8) is 0 Å². The van der Waals surface area contributed by atoms with Crippen LogP contribution in [0.15, 0.2) is 18.2 Å². The molecule has 0 aromatic heterocycles. The van der Waals surface area contributed by atoms with Gasteiger partial charge in [0.15, 0.2) is 0 Å². The highest BCUT2D eigenvalue weighted by atomic mass is 79.9. The van der Waals surface area contributed by atoms with Gasteiger partial charge in [-0.3, -0.25) is 0 Å². The summed E-state index contributed by atoms with van der Waals surface area (Å²) in [5, 5.41) is 0.827. The van der Waals surface area contributed by atoms with Gasteiger partial charge in [-0.25, -0.2) is 0 Å². The zero-order chi connectivity index (χ0) is 10.8. The number of hydrogen-bond donors (Lipinski definition) is 0.